The standard InChI is InChI=1S/C4H5NO3/c6-4(7)3-1-5-2-8-3/h2-3H,1H2,(H,6,7). The molecule has 0 spiro atoms. The molecule has 1 rings (SSSR count). The van der Waals surface area contributed by atoms with Crippen molar-refractivity contribution >= 4 is 12.4 Å². The molecule has 1 aliphatic rings. The average Bonchev–Trinajstić information content (AvgIpc) is 2.12. The van der Waals surface area contributed by atoms with Crippen LogP contribution in [-0.2, 0) is 9.53 Å². The van der Waals surface area contributed by atoms with Crippen LogP contribution in [0.5, 0.6) is 0 Å². The van der Waals surface area contributed by atoms with E-state index in [4.69, 9.17) is 5.11 Å². The molecule has 4 nitrogen and oxygen atoms in total. The van der Waals surface area contributed by atoms with Crippen LogP contribution in [0.3, 0.4) is 0 Å². The van der Waals surface area contributed by atoms with E-state index >= 15 is 0 Å². The first kappa shape index (κ1) is 5.08. The number of carbonyl (C=O) groups is 1. The number of nitrogens with zero attached hydrogens (tertiary/aromatic N) is 1. The van der Waals surface area contributed by atoms with Gasteiger partial charge < -0.3 is 9.84 Å². The predicted molar refractivity (Wildman–Crippen MR) is 25.9 cm³/mol. The van der Waals surface area contributed by atoms with E-state index in [2.05, 4.69) is 9.73 Å². The highest BCUT2D eigenvalue weighted by Crippen LogP contribution is 1.96. The normalized spacial score (nSPS) is 25.2. The summed E-state index contributed by atoms with van der Waals surface area (Å²) in [5, 5.41) is 8.21. The molecule has 0 aromatic carbocycles. The highest BCUT2D eigenvalue weighted by atomic mass is 16.5. The third-order valence-electron chi connectivity index (χ3n) is 0.846. The Morgan fingerprint density at radius 1 is 2.00 bits per heavy atom. The molecule has 0 saturated heterocycles. The van der Waals surface area contributed by atoms with E-state index in [9.17, 15) is 4.79 Å². The first-order valence-corrected chi connectivity index (χ1v) is 2.17. The fourth-order valence-corrected chi connectivity index (χ4v) is 0.435. The summed E-state index contributed by atoms with van der Waals surface area (Å²) in [6.07, 6.45) is 0.425. The van der Waals surface area contributed by atoms with Gasteiger partial charge >= 0.3 is 5.97 Å². The quantitative estimate of drug-likeness (QED) is 0.501. The molecule has 0 aromatic heterocycles. The van der Waals surface area contributed by atoms with Crippen LogP contribution in [0.1, 0.15) is 0 Å². The number of aliphatic imine (C=N–C) groups is 1. The minimum Gasteiger partial charge on any atom is -0.478 e. The molecule has 0 amide bonds. The average molecular weight is 115 g/mol. The summed E-state index contributed by atoms with van der Waals surface area (Å²) in [5.41, 5.74) is 0. The van der Waals surface area contributed by atoms with Gasteiger partial charge in [0.25, 0.3) is 0 Å². The van der Waals surface area contributed by atoms with Gasteiger partial charge in [-0.15, -0.1) is 0 Å². The van der Waals surface area contributed by atoms with Crippen molar-refractivity contribution in [1.29, 1.82) is 0 Å². The van der Waals surface area contributed by atoms with Crippen LogP contribution in [0.15, 0.2) is 4.99 Å². The fourth-order valence-electron chi connectivity index (χ4n) is 0.435. The van der Waals surface area contributed by atoms with E-state index in [0.717, 1.165) is 0 Å². The van der Waals surface area contributed by atoms with E-state index < -0.39 is 12.1 Å². The maximum atomic E-state index is 10.00. The van der Waals surface area contributed by atoms with E-state index in [1.54, 1.807) is 0 Å². The summed E-state index contributed by atoms with van der Waals surface area (Å²) >= 11 is 0. The molecule has 0 aromatic rings. The molecule has 1 atom stereocenters. The number of rotatable bonds is 1. The van der Waals surface area contributed by atoms with Gasteiger partial charge in [0.15, 0.2) is 6.40 Å². The number of hydrogen-bond donors (Lipinski definition) is 1. The van der Waals surface area contributed by atoms with Gasteiger partial charge in [-0.25, -0.2) is 4.79 Å². The molecule has 1 unspecified atom stereocenters. The van der Waals surface area contributed by atoms with Crippen LogP contribution in [0.25, 0.3) is 0 Å². The second-order valence-corrected chi connectivity index (χ2v) is 1.43. The lowest BCUT2D eigenvalue weighted by Crippen LogP contribution is -2.21. The Morgan fingerprint density at radius 2 is 2.75 bits per heavy atom. The van der Waals surface area contributed by atoms with Gasteiger partial charge in [0.1, 0.15) is 0 Å². The number of carboxylic acids is 1. The second-order valence-electron chi connectivity index (χ2n) is 1.43. The molecular formula is C4H5NO3. The summed E-state index contributed by atoms with van der Waals surface area (Å²) in [7, 11) is 0. The van der Waals surface area contributed by atoms with Crippen molar-refractivity contribution in [2.75, 3.05) is 6.54 Å². The zero-order chi connectivity index (χ0) is 5.98. The molecule has 44 valence electrons. The van der Waals surface area contributed by atoms with Crippen molar-refractivity contribution in [1.82, 2.24) is 0 Å². The molecule has 0 bridgehead atoms. The third-order valence-corrected chi connectivity index (χ3v) is 0.846. The molecule has 0 fully saturated rings. The van der Waals surface area contributed by atoms with Crippen molar-refractivity contribution in [2.45, 2.75) is 6.10 Å². The number of carboxylic acid groups (broad SMARTS) is 1. The Bertz CT molecular complexity index is 123. The number of ether oxygens (including phenoxy) is 1. The Balaban J connectivity index is 2.41. The van der Waals surface area contributed by atoms with Gasteiger partial charge in [-0.2, -0.15) is 0 Å². The summed E-state index contributed by atoms with van der Waals surface area (Å²) in [4.78, 5) is 13.6. The zero-order valence-electron chi connectivity index (χ0n) is 4.07. The Morgan fingerprint density at radius 3 is 3.00 bits per heavy atom. The lowest BCUT2D eigenvalue weighted by Gasteiger charge is -1.98. The Labute approximate surface area is 45.8 Å². The maximum absolute atomic E-state index is 10.00. The Kier molecular flexibility index (Phi) is 1.15. The van der Waals surface area contributed by atoms with Crippen molar-refractivity contribution < 1.29 is 14.6 Å². The van der Waals surface area contributed by atoms with E-state index in [1.807, 2.05) is 0 Å². The molecule has 0 saturated carbocycles. The molecule has 1 heterocycles. The molecule has 1 N–H and O–H groups in total. The molecular weight excluding hydrogens is 110 g/mol. The lowest BCUT2D eigenvalue weighted by molar-refractivity contribution is -0.144. The summed E-state index contributed by atoms with van der Waals surface area (Å²) in [5.74, 6) is -0.956. The first-order chi connectivity index (χ1) is 3.80. The van der Waals surface area contributed by atoms with Crippen LogP contribution in [0.4, 0.5) is 0 Å². The van der Waals surface area contributed by atoms with E-state index in [0.29, 0.717) is 0 Å². The molecule has 8 heavy (non-hydrogen) atoms. The minimum atomic E-state index is -0.956. The lowest BCUT2D eigenvalue weighted by atomic mass is 10.4. The second kappa shape index (κ2) is 1.81. The van der Waals surface area contributed by atoms with Gasteiger partial charge in [0.2, 0.25) is 6.10 Å². The van der Waals surface area contributed by atoms with Crippen molar-refractivity contribution in [3.63, 3.8) is 0 Å². The number of hydrogen-bond acceptors (Lipinski definition) is 3. The minimum absolute atomic E-state index is 0.245. The fraction of sp³-hybridized carbons (Fsp3) is 0.500. The molecule has 0 radical (unpaired) electrons. The predicted octanol–water partition coefficient (Wildman–Crippen LogP) is -0.502. The Hall–Kier alpha value is -1.06. The van der Waals surface area contributed by atoms with Gasteiger partial charge in [-0.05, 0) is 0 Å². The van der Waals surface area contributed by atoms with Crippen LogP contribution in [-0.4, -0.2) is 30.1 Å². The van der Waals surface area contributed by atoms with Gasteiger partial charge in [0.05, 0.1) is 6.54 Å². The van der Waals surface area contributed by atoms with Gasteiger partial charge in [-0.1, -0.05) is 0 Å². The SMILES string of the molecule is O=C(O)C1CN=CO1. The molecule has 4 heteroatoms. The molecule has 0 aliphatic carbocycles. The van der Waals surface area contributed by atoms with Crippen molar-refractivity contribution in [2.24, 2.45) is 4.99 Å². The largest absolute Gasteiger partial charge is 0.478 e. The highest BCUT2D eigenvalue weighted by molar-refractivity contribution is 5.75. The van der Waals surface area contributed by atoms with Gasteiger partial charge in [-0.3, -0.25) is 4.99 Å². The van der Waals surface area contributed by atoms with Gasteiger partial charge in [0, 0.05) is 0 Å². The van der Waals surface area contributed by atoms with Crippen molar-refractivity contribution in [3.05, 3.63) is 0 Å². The summed E-state index contributed by atoms with van der Waals surface area (Å²) in [6.45, 7) is 0.245. The van der Waals surface area contributed by atoms with E-state index in [-0.39, 0.29) is 6.54 Å². The zero-order valence-corrected chi connectivity index (χ0v) is 4.07. The number of aliphatic carboxylic acids is 1. The summed E-state index contributed by atoms with van der Waals surface area (Å²) < 4.78 is 4.52. The third kappa shape index (κ3) is 0.776. The van der Waals surface area contributed by atoms with Crippen LogP contribution in [0.2, 0.25) is 0 Å². The summed E-state index contributed by atoms with van der Waals surface area (Å²) in [6, 6.07) is 0. The van der Waals surface area contributed by atoms with E-state index in [1.165, 1.54) is 6.40 Å². The maximum Gasteiger partial charge on any atom is 0.346 e. The van der Waals surface area contributed by atoms with Crippen LogP contribution >= 0.6 is 0 Å². The topological polar surface area (TPSA) is 58.9 Å². The van der Waals surface area contributed by atoms with Crippen molar-refractivity contribution in [3.8, 4) is 0 Å². The first-order valence-electron chi connectivity index (χ1n) is 2.17. The van der Waals surface area contributed by atoms with Crippen LogP contribution in [0, 0.1) is 0 Å². The molecule has 1 aliphatic heterocycles. The van der Waals surface area contributed by atoms with Crippen LogP contribution < -0.4 is 0 Å². The monoisotopic (exact) mass is 115 g/mol. The smallest absolute Gasteiger partial charge is 0.346 e. The highest BCUT2D eigenvalue weighted by Gasteiger charge is 2.19.